The molecule has 0 saturated heterocycles. The molecular weight excluding hydrogens is 472 g/mol. The Bertz CT molecular complexity index is 505. The smallest absolute Gasteiger partial charge is 0.308 e. The second-order valence-electron chi connectivity index (χ2n) is 11.6. The molecule has 0 aliphatic carbocycles. The molecule has 38 heavy (non-hydrogen) atoms. The van der Waals surface area contributed by atoms with Crippen LogP contribution in [0.1, 0.15) is 188 Å². The van der Waals surface area contributed by atoms with Gasteiger partial charge in [0.15, 0.2) is 0 Å². The molecule has 0 aromatic rings. The molecule has 0 aliphatic heterocycles. The van der Waals surface area contributed by atoms with Crippen LogP contribution >= 0.6 is 0 Å². The molecule has 1 atom stereocenters. The zero-order valence-electron chi connectivity index (χ0n) is 26.0. The molecule has 0 heterocycles. The van der Waals surface area contributed by atoms with Crippen LogP contribution in [-0.4, -0.2) is 25.2 Å². The highest BCUT2D eigenvalue weighted by Crippen LogP contribution is 2.14. The molecule has 0 fully saturated rings. The molecule has 0 spiro atoms. The molecule has 0 aromatic carbocycles. The average molecular weight is 539 g/mol. The van der Waals surface area contributed by atoms with E-state index in [4.69, 9.17) is 9.47 Å². The molecule has 0 N–H and O–H groups in total. The fraction of sp³-hybridized carbons (Fsp3) is 0.941. The summed E-state index contributed by atoms with van der Waals surface area (Å²) >= 11 is 0. The third-order valence-electron chi connectivity index (χ3n) is 7.69. The number of unbranched alkanes of at least 4 members (excludes halogenated alkanes) is 22. The summed E-state index contributed by atoms with van der Waals surface area (Å²) in [4.78, 5) is 24.2. The van der Waals surface area contributed by atoms with Crippen LogP contribution in [0.25, 0.3) is 0 Å². The van der Waals surface area contributed by atoms with Crippen molar-refractivity contribution in [1.82, 2.24) is 0 Å². The molecule has 1 unspecified atom stereocenters. The van der Waals surface area contributed by atoms with E-state index in [0.29, 0.717) is 26.1 Å². The van der Waals surface area contributed by atoms with Crippen molar-refractivity contribution in [1.29, 1.82) is 0 Å². The van der Waals surface area contributed by atoms with Gasteiger partial charge in [-0.2, -0.15) is 0 Å². The molecule has 4 heteroatoms. The van der Waals surface area contributed by atoms with E-state index >= 15 is 0 Å². The van der Waals surface area contributed by atoms with Gasteiger partial charge in [0.25, 0.3) is 0 Å². The molecule has 0 aliphatic rings. The first-order valence-corrected chi connectivity index (χ1v) is 16.9. The minimum atomic E-state index is -0.244. The maximum atomic E-state index is 12.2. The van der Waals surface area contributed by atoms with Crippen LogP contribution in [0.2, 0.25) is 0 Å². The molecule has 0 rings (SSSR count). The lowest BCUT2D eigenvalue weighted by atomic mass is 10.1. The highest BCUT2D eigenvalue weighted by atomic mass is 16.5. The van der Waals surface area contributed by atoms with Crippen LogP contribution in [0, 0.1) is 5.92 Å². The van der Waals surface area contributed by atoms with E-state index in [1.807, 2.05) is 6.92 Å². The Morgan fingerprint density at radius 2 is 0.789 bits per heavy atom. The SMILES string of the molecule is CCCCCCCCCCCCCCOC(=O)CCC(C)C(=O)OCCCCCCCCCCCCCC. The molecule has 0 amide bonds. The molecule has 4 nitrogen and oxygen atoms in total. The summed E-state index contributed by atoms with van der Waals surface area (Å²) in [5, 5.41) is 0. The minimum Gasteiger partial charge on any atom is -0.466 e. The fourth-order valence-electron chi connectivity index (χ4n) is 4.91. The summed E-state index contributed by atoms with van der Waals surface area (Å²) in [7, 11) is 0. The Balaban J connectivity index is 3.41. The van der Waals surface area contributed by atoms with Gasteiger partial charge < -0.3 is 9.47 Å². The Morgan fingerprint density at radius 1 is 0.474 bits per heavy atom. The van der Waals surface area contributed by atoms with E-state index in [2.05, 4.69) is 13.8 Å². The fourth-order valence-corrected chi connectivity index (χ4v) is 4.91. The third-order valence-corrected chi connectivity index (χ3v) is 7.69. The minimum absolute atomic E-state index is 0.179. The maximum Gasteiger partial charge on any atom is 0.308 e. The highest BCUT2D eigenvalue weighted by molar-refractivity contribution is 5.74. The quantitative estimate of drug-likeness (QED) is 0.0674. The van der Waals surface area contributed by atoms with Crippen LogP contribution in [0.15, 0.2) is 0 Å². The first-order chi connectivity index (χ1) is 18.6. The summed E-state index contributed by atoms with van der Waals surface area (Å²) in [5.74, 6) is -0.609. The number of rotatable bonds is 30. The summed E-state index contributed by atoms with van der Waals surface area (Å²) in [5.41, 5.74) is 0. The van der Waals surface area contributed by atoms with Gasteiger partial charge in [0, 0.05) is 6.42 Å². The van der Waals surface area contributed by atoms with E-state index in [0.717, 1.165) is 25.7 Å². The standard InChI is InChI=1S/C34H66O4/c1-4-6-8-10-12-14-16-18-20-22-24-26-30-37-33(35)29-28-32(3)34(36)38-31-27-25-23-21-19-17-15-13-11-9-7-5-2/h32H,4-31H2,1-3H3. The molecule has 0 radical (unpaired) electrons. The number of carbonyl (C=O) groups excluding carboxylic acids is 2. The Morgan fingerprint density at radius 3 is 1.16 bits per heavy atom. The third kappa shape index (κ3) is 28.0. The molecule has 0 bridgehead atoms. The van der Waals surface area contributed by atoms with Crippen molar-refractivity contribution >= 4 is 11.9 Å². The average Bonchev–Trinajstić information content (AvgIpc) is 2.92. The molecule has 226 valence electrons. The van der Waals surface area contributed by atoms with Gasteiger partial charge in [-0.05, 0) is 19.3 Å². The van der Waals surface area contributed by atoms with E-state index in [-0.39, 0.29) is 17.9 Å². The van der Waals surface area contributed by atoms with Crippen LogP contribution < -0.4 is 0 Å². The zero-order chi connectivity index (χ0) is 27.9. The molecular formula is C34H66O4. The number of esters is 2. The van der Waals surface area contributed by atoms with Crippen molar-refractivity contribution < 1.29 is 19.1 Å². The predicted octanol–water partition coefficient (Wildman–Crippen LogP) is 10.9. The highest BCUT2D eigenvalue weighted by Gasteiger charge is 2.16. The van der Waals surface area contributed by atoms with Gasteiger partial charge in [-0.3, -0.25) is 9.59 Å². The van der Waals surface area contributed by atoms with Crippen molar-refractivity contribution in [2.45, 2.75) is 188 Å². The van der Waals surface area contributed by atoms with Crippen LogP contribution in [0.5, 0.6) is 0 Å². The van der Waals surface area contributed by atoms with Crippen LogP contribution in [0.4, 0.5) is 0 Å². The second-order valence-corrected chi connectivity index (χ2v) is 11.6. The van der Waals surface area contributed by atoms with Crippen molar-refractivity contribution in [2.75, 3.05) is 13.2 Å². The first kappa shape index (κ1) is 36.9. The van der Waals surface area contributed by atoms with Gasteiger partial charge >= 0.3 is 11.9 Å². The lowest BCUT2D eigenvalue weighted by molar-refractivity contribution is -0.149. The van der Waals surface area contributed by atoms with E-state index in [1.54, 1.807) is 0 Å². The second kappa shape index (κ2) is 30.5. The Hall–Kier alpha value is -1.06. The van der Waals surface area contributed by atoms with E-state index in [9.17, 15) is 9.59 Å². The van der Waals surface area contributed by atoms with Gasteiger partial charge in [0.2, 0.25) is 0 Å². The van der Waals surface area contributed by atoms with Crippen molar-refractivity contribution in [3.63, 3.8) is 0 Å². The first-order valence-electron chi connectivity index (χ1n) is 16.9. The van der Waals surface area contributed by atoms with Crippen LogP contribution in [-0.2, 0) is 19.1 Å². The van der Waals surface area contributed by atoms with Crippen LogP contribution in [0.3, 0.4) is 0 Å². The van der Waals surface area contributed by atoms with Crippen molar-refractivity contribution in [2.24, 2.45) is 5.92 Å². The number of carbonyl (C=O) groups is 2. The molecule has 0 saturated carbocycles. The number of hydrogen-bond donors (Lipinski definition) is 0. The lowest BCUT2D eigenvalue weighted by Crippen LogP contribution is -2.17. The predicted molar refractivity (Wildman–Crippen MR) is 162 cm³/mol. The topological polar surface area (TPSA) is 52.6 Å². The summed E-state index contributed by atoms with van der Waals surface area (Å²) in [6, 6.07) is 0. The van der Waals surface area contributed by atoms with Gasteiger partial charge in [-0.1, -0.05) is 162 Å². The van der Waals surface area contributed by atoms with Crippen molar-refractivity contribution in [3.8, 4) is 0 Å². The maximum absolute atomic E-state index is 12.2. The van der Waals surface area contributed by atoms with Gasteiger partial charge in [-0.25, -0.2) is 0 Å². The largest absolute Gasteiger partial charge is 0.466 e. The Labute approximate surface area is 237 Å². The van der Waals surface area contributed by atoms with Gasteiger partial charge in [0.1, 0.15) is 0 Å². The molecule has 0 aromatic heterocycles. The van der Waals surface area contributed by atoms with E-state index < -0.39 is 0 Å². The lowest BCUT2D eigenvalue weighted by Gasteiger charge is -2.11. The zero-order valence-corrected chi connectivity index (χ0v) is 26.0. The van der Waals surface area contributed by atoms with Gasteiger partial charge in [-0.15, -0.1) is 0 Å². The number of ether oxygens (including phenoxy) is 2. The normalized spacial score (nSPS) is 12.0. The monoisotopic (exact) mass is 538 g/mol. The summed E-state index contributed by atoms with van der Waals surface area (Å²) in [6.45, 7) is 7.39. The summed E-state index contributed by atoms with van der Waals surface area (Å²) < 4.78 is 10.8. The Kier molecular flexibility index (Phi) is 29.6. The van der Waals surface area contributed by atoms with E-state index in [1.165, 1.54) is 128 Å². The van der Waals surface area contributed by atoms with Crippen molar-refractivity contribution in [3.05, 3.63) is 0 Å². The van der Waals surface area contributed by atoms with Gasteiger partial charge in [0.05, 0.1) is 19.1 Å². The number of hydrogen-bond acceptors (Lipinski definition) is 4. The summed E-state index contributed by atoms with van der Waals surface area (Å²) in [6.07, 6.45) is 32.0.